The summed E-state index contributed by atoms with van der Waals surface area (Å²) in [6.07, 6.45) is 13.4. The average Bonchev–Trinajstić information content (AvgIpc) is 2.99. The van der Waals surface area contributed by atoms with E-state index in [1.54, 1.807) is 11.6 Å². The molecule has 4 aliphatic carbocycles. The lowest BCUT2D eigenvalue weighted by Gasteiger charge is -2.58. The van der Waals surface area contributed by atoms with Crippen molar-refractivity contribution in [2.75, 3.05) is 0 Å². The number of fused-ring (bicyclic) bond motifs is 5. The number of hydrogen-bond acceptors (Lipinski definition) is 3. The number of rotatable bonds is 3. The van der Waals surface area contributed by atoms with Gasteiger partial charge in [0.1, 0.15) is 6.10 Å². The van der Waals surface area contributed by atoms with E-state index in [2.05, 4.69) is 26.5 Å². The highest BCUT2D eigenvalue weighted by molar-refractivity contribution is 5.66. The van der Waals surface area contributed by atoms with E-state index < -0.39 is 5.60 Å². The monoisotopic (exact) mass is 386 g/mol. The zero-order chi connectivity index (χ0) is 20.3. The standard InChI is InChI=1S/C25H38O3/c1-6-25(5,27)22-10-9-20-19-8-7-17-15-18(28-16(2)26)11-13-23(17,3)21(19)12-14-24(20,22)4/h6-7,18-22,27H,1,8-15H2,2-5H3/t18?,19-,20-,21-,22-,23-,24-,25-/m0/s1. The summed E-state index contributed by atoms with van der Waals surface area (Å²) in [6, 6.07) is 0. The molecular formula is C25H38O3. The van der Waals surface area contributed by atoms with Gasteiger partial charge < -0.3 is 9.84 Å². The minimum absolute atomic E-state index is 0.0702. The maximum absolute atomic E-state index is 11.4. The van der Waals surface area contributed by atoms with Crippen LogP contribution in [0, 0.1) is 34.5 Å². The first-order valence-corrected chi connectivity index (χ1v) is 11.3. The highest BCUT2D eigenvalue weighted by atomic mass is 16.5. The Morgan fingerprint density at radius 3 is 2.68 bits per heavy atom. The number of hydrogen-bond donors (Lipinski definition) is 1. The van der Waals surface area contributed by atoms with Gasteiger partial charge in [-0.2, -0.15) is 0 Å². The van der Waals surface area contributed by atoms with Crippen LogP contribution < -0.4 is 0 Å². The fraction of sp³-hybridized carbons (Fsp3) is 0.800. The number of esters is 1. The van der Waals surface area contributed by atoms with Crippen LogP contribution in [0.2, 0.25) is 0 Å². The van der Waals surface area contributed by atoms with Crippen LogP contribution in [0.1, 0.15) is 79.1 Å². The summed E-state index contributed by atoms with van der Waals surface area (Å²) in [6.45, 7) is 12.3. The van der Waals surface area contributed by atoms with Crippen molar-refractivity contribution in [3.63, 3.8) is 0 Å². The van der Waals surface area contributed by atoms with E-state index in [1.807, 2.05) is 6.92 Å². The third-order valence-electron chi connectivity index (χ3n) is 9.51. The lowest BCUT2D eigenvalue weighted by atomic mass is 9.47. The fourth-order valence-electron chi connectivity index (χ4n) is 8.07. The summed E-state index contributed by atoms with van der Waals surface area (Å²) < 4.78 is 5.55. The van der Waals surface area contributed by atoms with Crippen LogP contribution in [0.5, 0.6) is 0 Å². The van der Waals surface area contributed by atoms with Crippen molar-refractivity contribution >= 4 is 5.97 Å². The molecule has 8 atom stereocenters. The van der Waals surface area contributed by atoms with Crippen molar-refractivity contribution in [3.05, 3.63) is 24.3 Å². The summed E-state index contributed by atoms with van der Waals surface area (Å²) >= 11 is 0. The molecule has 3 fully saturated rings. The Balaban J connectivity index is 1.59. The van der Waals surface area contributed by atoms with Gasteiger partial charge >= 0.3 is 5.97 Å². The van der Waals surface area contributed by atoms with Gasteiger partial charge in [0.05, 0.1) is 5.60 Å². The molecule has 4 aliphatic rings. The number of carbonyl (C=O) groups excluding carboxylic acids is 1. The average molecular weight is 387 g/mol. The summed E-state index contributed by atoms with van der Waals surface area (Å²) in [7, 11) is 0. The van der Waals surface area contributed by atoms with Gasteiger partial charge in [-0.3, -0.25) is 4.79 Å². The van der Waals surface area contributed by atoms with Crippen LogP contribution in [0.4, 0.5) is 0 Å². The van der Waals surface area contributed by atoms with Crippen molar-refractivity contribution in [2.24, 2.45) is 34.5 Å². The molecule has 3 saturated carbocycles. The third-order valence-corrected chi connectivity index (χ3v) is 9.51. The summed E-state index contributed by atoms with van der Waals surface area (Å²) in [5, 5.41) is 11.0. The zero-order valence-electron chi connectivity index (χ0n) is 18.2. The molecular weight excluding hydrogens is 348 g/mol. The van der Waals surface area contributed by atoms with Gasteiger partial charge in [-0.1, -0.05) is 31.6 Å². The Hall–Kier alpha value is -1.09. The van der Waals surface area contributed by atoms with Gasteiger partial charge in [0.15, 0.2) is 0 Å². The smallest absolute Gasteiger partial charge is 0.302 e. The molecule has 1 unspecified atom stereocenters. The molecule has 0 saturated heterocycles. The first-order valence-electron chi connectivity index (χ1n) is 11.3. The van der Waals surface area contributed by atoms with Crippen LogP contribution in [0.15, 0.2) is 24.3 Å². The number of aliphatic hydroxyl groups is 1. The predicted octanol–water partition coefficient (Wildman–Crippen LogP) is 5.43. The van der Waals surface area contributed by atoms with Gasteiger partial charge in [0.2, 0.25) is 0 Å². The van der Waals surface area contributed by atoms with Crippen molar-refractivity contribution in [3.8, 4) is 0 Å². The van der Waals surface area contributed by atoms with Crippen LogP contribution >= 0.6 is 0 Å². The molecule has 3 heteroatoms. The minimum Gasteiger partial charge on any atom is -0.462 e. The van der Waals surface area contributed by atoms with Crippen molar-refractivity contribution < 1.29 is 14.6 Å². The quantitative estimate of drug-likeness (QED) is 0.519. The molecule has 0 aromatic carbocycles. The van der Waals surface area contributed by atoms with E-state index in [4.69, 9.17) is 4.74 Å². The molecule has 28 heavy (non-hydrogen) atoms. The highest BCUT2D eigenvalue weighted by Gasteiger charge is 2.61. The van der Waals surface area contributed by atoms with E-state index in [0.717, 1.165) is 43.9 Å². The molecule has 0 aromatic heterocycles. The maximum atomic E-state index is 11.4. The Morgan fingerprint density at radius 2 is 2.00 bits per heavy atom. The normalized spacial score (nSPS) is 47.0. The summed E-state index contributed by atoms with van der Waals surface area (Å²) in [4.78, 5) is 11.4. The first-order chi connectivity index (χ1) is 13.1. The van der Waals surface area contributed by atoms with Gasteiger partial charge in [-0.05, 0) is 86.4 Å². The van der Waals surface area contributed by atoms with E-state index in [1.165, 1.54) is 26.2 Å². The molecule has 0 radical (unpaired) electrons. The highest BCUT2D eigenvalue weighted by Crippen LogP contribution is 2.67. The van der Waals surface area contributed by atoms with Crippen LogP contribution in [0.25, 0.3) is 0 Å². The lowest BCUT2D eigenvalue weighted by molar-refractivity contribution is -0.149. The van der Waals surface area contributed by atoms with E-state index >= 15 is 0 Å². The topological polar surface area (TPSA) is 46.5 Å². The number of allylic oxidation sites excluding steroid dienone is 1. The molecule has 1 N–H and O–H groups in total. The second-order valence-electron chi connectivity index (χ2n) is 10.8. The van der Waals surface area contributed by atoms with E-state index in [9.17, 15) is 9.90 Å². The van der Waals surface area contributed by atoms with Gasteiger partial charge in [0.25, 0.3) is 0 Å². The largest absolute Gasteiger partial charge is 0.462 e. The molecule has 3 nitrogen and oxygen atoms in total. The molecule has 4 rings (SSSR count). The molecule has 0 bridgehead atoms. The molecule has 0 amide bonds. The van der Waals surface area contributed by atoms with Gasteiger partial charge in [-0.15, -0.1) is 6.58 Å². The molecule has 0 aliphatic heterocycles. The fourth-order valence-corrected chi connectivity index (χ4v) is 8.07. The summed E-state index contributed by atoms with van der Waals surface area (Å²) in [5.41, 5.74) is 1.26. The maximum Gasteiger partial charge on any atom is 0.302 e. The minimum atomic E-state index is -0.766. The second kappa shape index (κ2) is 6.72. The molecule has 0 aromatic rings. The zero-order valence-corrected chi connectivity index (χ0v) is 18.2. The Morgan fingerprint density at radius 1 is 1.25 bits per heavy atom. The molecule has 156 valence electrons. The summed E-state index contributed by atoms with van der Waals surface area (Å²) in [5.74, 6) is 2.33. The SMILES string of the molecule is C=C[C@](C)(O)[C@H]1CC[C@H]2[C@@H]3CC=C4CC(OC(C)=O)CC[C@]4(C)[C@H]3CC[C@@]21C. The molecule has 0 heterocycles. The lowest BCUT2D eigenvalue weighted by Crippen LogP contribution is -2.52. The second-order valence-corrected chi connectivity index (χ2v) is 10.8. The van der Waals surface area contributed by atoms with Crippen molar-refractivity contribution in [2.45, 2.75) is 90.8 Å². The number of carbonyl (C=O) groups is 1. The van der Waals surface area contributed by atoms with Crippen LogP contribution in [0.3, 0.4) is 0 Å². The van der Waals surface area contributed by atoms with Gasteiger partial charge in [-0.25, -0.2) is 0 Å². The third kappa shape index (κ3) is 2.91. The van der Waals surface area contributed by atoms with Crippen LogP contribution in [-0.4, -0.2) is 22.8 Å². The Labute approximate surface area is 170 Å². The van der Waals surface area contributed by atoms with Crippen molar-refractivity contribution in [1.82, 2.24) is 0 Å². The van der Waals surface area contributed by atoms with Crippen molar-refractivity contribution in [1.29, 1.82) is 0 Å². The van der Waals surface area contributed by atoms with E-state index in [-0.39, 0.29) is 22.9 Å². The van der Waals surface area contributed by atoms with Gasteiger partial charge in [0, 0.05) is 13.3 Å². The number of ether oxygens (including phenoxy) is 1. The Bertz CT molecular complexity index is 692. The van der Waals surface area contributed by atoms with E-state index in [0.29, 0.717) is 11.8 Å². The predicted molar refractivity (Wildman–Crippen MR) is 112 cm³/mol. The molecule has 0 spiro atoms. The van der Waals surface area contributed by atoms with Crippen LogP contribution in [-0.2, 0) is 9.53 Å². The Kier molecular flexibility index (Phi) is 4.85. The first kappa shape index (κ1) is 20.2.